The second-order valence-corrected chi connectivity index (χ2v) is 6.20. The first-order valence-electron chi connectivity index (χ1n) is 7.57. The lowest BCUT2D eigenvalue weighted by atomic mass is 9.99. The Morgan fingerprint density at radius 3 is 2.36 bits per heavy atom. The van der Waals surface area contributed by atoms with Gasteiger partial charge >= 0.3 is 6.03 Å². The van der Waals surface area contributed by atoms with Gasteiger partial charge in [0, 0.05) is 24.8 Å². The number of urea groups is 1. The number of rotatable bonds is 3. The fourth-order valence-corrected chi connectivity index (χ4v) is 2.52. The van der Waals surface area contributed by atoms with Crippen molar-refractivity contribution in [2.75, 3.05) is 18.4 Å². The molecule has 120 valence electrons. The zero-order chi connectivity index (χ0) is 16.2. The van der Waals surface area contributed by atoms with Gasteiger partial charge in [-0.25, -0.2) is 4.79 Å². The van der Waals surface area contributed by atoms with E-state index in [0.717, 1.165) is 12.8 Å². The first-order chi connectivity index (χ1) is 10.4. The van der Waals surface area contributed by atoms with Crippen molar-refractivity contribution in [2.45, 2.75) is 38.3 Å². The maximum absolute atomic E-state index is 12.6. The normalized spacial score (nSPS) is 16.2. The molecule has 6 heteroatoms. The van der Waals surface area contributed by atoms with Crippen LogP contribution in [0.15, 0.2) is 30.3 Å². The van der Waals surface area contributed by atoms with E-state index in [1.807, 2.05) is 18.2 Å². The van der Waals surface area contributed by atoms with Gasteiger partial charge in [-0.3, -0.25) is 4.79 Å². The number of carbonyl (C=O) groups is 2. The number of nitrogens with zero attached hydrogens (tertiary/aromatic N) is 1. The number of carbonyl (C=O) groups excluding carboxylic acids is 2. The number of para-hydroxylation sites is 1. The van der Waals surface area contributed by atoms with E-state index in [2.05, 4.69) is 10.6 Å². The molecule has 0 radical (unpaired) electrons. The molecule has 1 aromatic rings. The summed E-state index contributed by atoms with van der Waals surface area (Å²) < 4.78 is 0. The lowest BCUT2D eigenvalue weighted by molar-refractivity contribution is -0.137. The average Bonchev–Trinajstić information content (AvgIpc) is 2.47. The summed E-state index contributed by atoms with van der Waals surface area (Å²) in [6, 6.07) is 8.91. The van der Waals surface area contributed by atoms with E-state index < -0.39 is 11.6 Å². The van der Waals surface area contributed by atoms with E-state index in [4.69, 9.17) is 5.73 Å². The Labute approximate surface area is 131 Å². The van der Waals surface area contributed by atoms with Crippen LogP contribution >= 0.6 is 0 Å². The van der Waals surface area contributed by atoms with Crippen LogP contribution in [-0.4, -0.2) is 41.5 Å². The Hall–Kier alpha value is -2.08. The first-order valence-corrected chi connectivity index (χ1v) is 7.57. The molecular weight excluding hydrogens is 280 g/mol. The third kappa shape index (κ3) is 4.21. The molecule has 0 spiro atoms. The van der Waals surface area contributed by atoms with E-state index in [1.54, 1.807) is 30.9 Å². The highest BCUT2D eigenvalue weighted by Crippen LogP contribution is 2.15. The number of anilines is 1. The molecule has 1 heterocycles. The van der Waals surface area contributed by atoms with Crippen molar-refractivity contribution in [3.05, 3.63) is 30.3 Å². The molecule has 22 heavy (non-hydrogen) atoms. The predicted octanol–water partition coefficient (Wildman–Crippen LogP) is 1.54. The molecule has 1 fully saturated rings. The SMILES string of the molecule is CC(C)(NC(=O)Nc1ccccc1)C(=O)N1CCC(N)CC1. The van der Waals surface area contributed by atoms with Crippen LogP contribution in [0.2, 0.25) is 0 Å². The van der Waals surface area contributed by atoms with Gasteiger partial charge in [-0.15, -0.1) is 0 Å². The molecule has 6 nitrogen and oxygen atoms in total. The summed E-state index contributed by atoms with van der Waals surface area (Å²) in [5.41, 5.74) is 5.58. The van der Waals surface area contributed by atoms with Crippen LogP contribution in [0, 0.1) is 0 Å². The molecule has 4 N–H and O–H groups in total. The van der Waals surface area contributed by atoms with Crippen LogP contribution in [0.4, 0.5) is 10.5 Å². The number of piperidine rings is 1. The number of nitrogens with two attached hydrogens (primary N) is 1. The molecular formula is C16H24N4O2. The van der Waals surface area contributed by atoms with Gasteiger partial charge in [0.1, 0.15) is 5.54 Å². The number of likely N-dealkylation sites (tertiary alicyclic amines) is 1. The average molecular weight is 304 g/mol. The van der Waals surface area contributed by atoms with Crippen molar-refractivity contribution in [3.63, 3.8) is 0 Å². The highest BCUT2D eigenvalue weighted by molar-refractivity contribution is 5.95. The zero-order valence-electron chi connectivity index (χ0n) is 13.1. The second kappa shape index (κ2) is 6.79. The Morgan fingerprint density at radius 2 is 1.77 bits per heavy atom. The van der Waals surface area contributed by atoms with Gasteiger partial charge in [-0.1, -0.05) is 18.2 Å². The molecule has 1 aliphatic rings. The van der Waals surface area contributed by atoms with Crippen molar-refractivity contribution in [1.82, 2.24) is 10.2 Å². The third-order valence-corrected chi connectivity index (χ3v) is 3.82. The Morgan fingerprint density at radius 1 is 1.18 bits per heavy atom. The fraction of sp³-hybridized carbons (Fsp3) is 0.500. The summed E-state index contributed by atoms with van der Waals surface area (Å²) in [4.78, 5) is 26.4. The number of benzene rings is 1. The maximum Gasteiger partial charge on any atom is 0.320 e. The van der Waals surface area contributed by atoms with Gasteiger partial charge in [0.2, 0.25) is 5.91 Å². The zero-order valence-corrected chi connectivity index (χ0v) is 13.1. The lowest BCUT2D eigenvalue weighted by Crippen LogP contribution is -2.58. The molecule has 1 aliphatic heterocycles. The van der Waals surface area contributed by atoms with Crippen LogP contribution in [0.5, 0.6) is 0 Å². The monoisotopic (exact) mass is 304 g/mol. The number of amides is 3. The molecule has 0 atom stereocenters. The summed E-state index contributed by atoms with van der Waals surface area (Å²) in [7, 11) is 0. The topological polar surface area (TPSA) is 87.5 Å². The van der Waals surface area contributed by atoms with Crippen molar-refractivity contribution >= 4 is 17.6 Å². The van der Waals surface area contributed by atoms with Crippen LogP contribution in [0.1, 0.15) is 26.7 Å². The van der Waals surface area contributed by atoms with Gasteiger partial charge in [0.25, 0.3) is 0 Å². The van der Waals surface area contributed by atoms with Crippen molar-refractivity contribution in [3.8, 4) is 0 Å². The molecule has 1 aromatic carbocycles. The van der Waals surface area contributed by atoms with Gasteiger partial charge in [0.15, 0.2) is 0 Å². The van der Waals surface area contributed by atoms with E-state index in [9.17, 15) is 9.59 Å². The highest BCUT2D eigenvalue weighted by Gasteiger charge is 2.34. The molecule has 0 unspecified atom stereocenters. The molecule has 1 saturated heterocycles. The standard InChI is InChI=1S/C16H24N4O2/c1-16(2,14(21)20-10-8-12(17)9-11-20)19-15(22)18-13-6-4-3-5-7-13/h3-7,12H,8-11,17H2,1-2H3,(H2,18,19,22). The highest BCUT2D eigenvalue weighted by atomic mass is 16.2. The predicted molar refractivity (Wildman–Crippen MR) is 86.5 cm³/mol. The Bertz CT molecular complexity index is 522. The molecule has 0 aromatic heterocycles. The molecule has 0 aliphatic carbocycles. The van der Waals surface area contributed by atoms with Crippen LogP contribution in [0.25, 0.3) is 0 Å². The number of nitrogens with one attached hydrogen (secondary N) is 2. The van der Waals surface area contributed by atoms with Crippen molar-refractivity contribution < 1.29 is 9.59 Å². The van der Waals surface area contributed by atoms with E-state index in [-0.39, 0.29) is 11.9 Å². The van der Waals surface area contributed by atoms with E-state index in [0.29, 0.717) is 18.8 Å². The first kappa shape index (κ1) is 16.3. The number of hydrogen-bond acceptors (Lipinski definition) is 3. The number of hydrogen-bond donors (Lipinski definition) is 3. The quantitative estimate of drug-likeness (QED) is 0.791. The molecule has 0 bridgehead atoms. The fourth-order valence-electron chi connectivity index (χ4n) is 2.52. The largest absolute Gasteiger partial charge is 0.341 e. The smallest absolute Gasteiger partial charge is 0.320 e. The third-order valence-electron chi connectivity index (χ3n) is 3.82. The maximum atomic E-state index is 12.6. The van der Waals surface area contributed by atoms with Gasteiger partial charge in [-0.2, -0.15) is 0 Å². The summed E-state index contributed by atoms with van der Waals surface area (Å²) in [6.07, 6.45) is 1.61. The molecule has 0 saturated carbocycles. The van der Waals surface area contributed by atoms with Gasteiger partial charge in [-0.05, 0) is 38.8 Å². The van der Waals surface area contributed by atoms with E-state index >= 15 is 0 Å². The van der Waals surface area contributed by atoms with Crippen LogP contribution < -0.4 is 16.4 Å². The van der Waals surface area contributed by atoms with Crippen molar-refractivity contribution in [2.24, 2.45) is 5.73 Å². The van der Waals surface area contributed by atoms with Crippen molar-refractivity contribution in [1.29, 1.82) is 0 Å². The van der Waals surface area contributed by atoms with Crippen LogP contribution in [0.3, 0.4) is 0 Å². The molecule has 3 amide bonds. The molecule has 2 rings (SSSR count). The van der Waals surface area contributed by atoms with E-state index in [1.165, 1.54) is 0 Å². The minimum atomic E-state index is -0.958. The Balaban J connectivity index is 1.92. The second-order valence-electron chi connectivity index (χ2n) is 6.20. The summed E-state index contributed by atoms with van der Waals surface area (Å²) in [6.45, 7) is 4.72. The van der Waals surface area contributed by atoms with Gasteiger partial charge in [0.05, 0.1) is 0 Å². The minimum absolute atomic E-state index is 0.0809. The van der Waals surface area contributed by atoms with Crippen LogP contribution in [-0.2, 0) is 4.79 Å². The summed E-state index contributed by atoms with van der Waals surface area (Å²) in [5.74, 6) is -0.0809. The minimum Gasteiger partial charge on any atom is -0.341 e. The summed E-state index contributed by atoms with van der Waals surface area (Å²) >= 11 is 0. The van der Waals surface area contributed by atoms with Gasteiger partial charge < -0.3 is 21.3 Å². The Kier molecular flexibility index (Phi) is 5.03. The summed E-state index contributed by atoms with van der Waals surface area (Å²) in [5, 5.41) is 5.46. The lowest BCUT2D eigenvalue weighted by Gasteiger charge is -2.36.